The first kappa shape index (κ1) is 15.6. The minimum absolute atomic E-state index is 0.385. The van der Waals surface area contributed by atoms with Crippen molar-refractivity contribution >= 4 is 11.8 Å². The van der Waals surface area contributed by atoms with Crippen molar-refractivity contribution in [2.45, 2.75) is 25.6 Å². The second-order valence-corrected chi connectivity index (χ2v) is 6.34. The van der Waals surface area contributed by atoms with Crippen LogP contribution >= 0.6 is 11.8 Å². The van der Waals surface area contributed by atoms with E-state index in [1.54, 1.807) is 11.8 Å². The molecular formula is C18H19N3OS. The Hall–Kier alpha value is -2.27. The van der Waals surface area contributed by atoms with E-state index in [1.807, 2.05) is 36.4 Å². The lowest BCUT2D eigenvalue weighted by atomic mass is 10.2. The number of aryl methyl sites for hydroxylation is 1. The number of para-hydroxylation sites is 1. The zero-order valence-electron chi connectivity index (χ0n) is 13.3. The van der Waals surface area contributed by atoms with Gasteiger partial charge in [0.05, 0.1) is 0 Å². The van der Waals surface area contributed by atoms with Crippen molar-refractivity contribution in [3.05, 3.63) is 66.0 Å². The van der Waals surface area contributed by atoms with Gasteiger partial charge in [-0.25, -0.2) is 0 Å². The average molecular weight is 325 g/mol. The molecule has 118 valence electrons. The Kier molecular flexibility index (Phi) is 4.98. The molecule has 0 aliphatic rings. The van der Waals surface area contributed by atoms with Crippen LogP contribution in [0.15, 0.2) is 59.8 Å². The third-order valence-electron chi connectivity index (χ3n) is 3.35. The van der Waals surface area contributed by atoms with Crippen LogP contribution in [-0.4, -0.2) is 20.5 Å². The number of hydrogen-bond donors (Lipinski definition) is 0. The predicted molar refractivity (Wildman–Crippen MR) is 93.3 cm³/mol. The van der Waals surface area contributed by atoms with Crippen LogP contribution in [0.3, 0.4) is 0 Å². The molecule has 0 N–H and O–H groups in total. The van der Waals surface area contributed by atoms with Crippen molar-refractivity contribution in [3.63, 3.8) is 0 Å². The molecule has 2 aromatic carbocycles. The van der Waals surface area contributed by atoms with Gasteiger partial charge in [0.25, 0.3) is 0 Å². The molecule has 5 heteroatoms. The Bertz CT molecular complexity index is 771. The molecule has 3 aromatic rings. The fraction of sp³-hybridized carbons (Fsp3) is 0.222. The van der Waals surface area contributed by atoms with E-state index in [0.29, 0.717) is 6.61 Å². The van der Waals surface area contributed by atoms with Crippen molar-refractivity contribution in [3.8, 4) is 11.4 Å². The molecule has 1 aromatic heterocycles. The Balaban J connectivity index is 1.87. The molecule has 0 aliphatic carbocycles. The monoisotopic (exact) mass is 325 g/mol. The van der Waals surface area contributed by atoms with Crippen LogP contribution in [0.1, 0.15) is 18.3 Å². The van der Waals surface area contributed by atoms with Gasteiger partial charge < -0.3 is 4.74 Å². The number of nitrogens with zero attached hydrogens (tertiary/aromatic N) is 3. The molecule has 3 rings (SSSR count). The normalized spacial score (nSPS) is 10.7. The SMILES string of the molecule is CCSc1nnc(COc2cccc(C)c2)n1-c1ccccc1. The molecule has 1 heterocycles. The molecule has 23 heavy (non-hydrogen) atoms. The molecule has 0 amide bonds. The minimum Gasteiger partial charge on any atom is -0.486 e. The molecule has 0 spiro atoms. The van der Waals surface area contributed by atoms with Crippen LogP contribution in [0, 0.1) is 6.92 Å². The molecule has 0 aliphatic heterocycles. The van der Waals surface area contributed by atoms with Gasteiger partial charge in [0.15, 0.2) is 11.0 Å². The summed E-state index contributed by atoms with van der Waals surface area (Å²) in [6.45, 7) is 4.54. The second-order valence-electron chi connectivity index (χ2n) is 5.11. The van der Waals surface area contributed by atoms with Crippen LogP contribution in [-0.2, 0) is 6.61 Å². The van der Waals surface area contributed by atoms with E-state index in [9.17, 15) is 0 Å². The smallest absolute Gasteiger partial charge is 0.195 e. The summed E-state index contributed by atoms with van der Waals surface area (Å²) in [4.78, 5) is 0. The van der Waals surface area contributed by atoms with Crippen molar-refractivity contribution in [1.82, 2.24) is 14.8 Å². The Morgan fingerprint density at radius 3 is 2.61 bits per heavy atom. The lowest BCUT2D eigenvalue weighted by Gasteiger charge is -2.11. The maximum absolute atomic E-state index is 5.89. The van der Waals surface area contributed by atoms with E-state index in [4.69, 9.17) is 4.74 Å². The summed E-state index contributed by atoms with van der Waals surface area (Å²) in [5.41, 5.74) is 2.23. The first-order chi connectivity index (χ1) is 11.3. The number of ether oxygens (including phenoxy) is 1. The number of thioether (sulfide) groups is 1. The molecule has 0 radical (unpaired) electrons. The topological polar surface area (TPSA) is 39.9 Å². The fourth-order valence-electron chi connectivity index (χ4n) is 2.31. The highest BCUT2D eigenvalue weighted by Crippen LogP contribution is 2.23. The molecule has 0 atom stereocenters. The van der Waals surface area contributed by atoms with Crippen LogP contribution in [0.4, 0.5) is 0 Å². The Morgan fingerprint density at radius 1 is 1.04 bits per heavy atom. The standard InChI is InChI=1S/C18H19N3OS/c1-3-23-18-20-19-17(21(18)15-9-5-4-6-10-15)13-22-16-11-7-8-14(2)12-16/h4-12H,3,13H2,1-2H3. The maximum Gasteiger partial charge on any atom is 0.195 e. The number of benzene rings is 2. The summed E-state index contributed by atoms with van der Waals surface area (Å²) in [5.74, 6) is 2.59. The predicted octanol–water partition coefficient (Wildman–Crippen LogP) is 4.27. The third-order valence-corrected chi connectivity index (χ3v) is 4.16. The van der Waals surface area contributed by atoms with Gasteiger partial charge in [-0.3, -0.25) is 4.57 Å². The summed E-state index contributed by atoms with van der Waals surface area (Å²) >= 11 is 1.68. The van der Waals surface area contributed by atoms with Crippen molar-refractivity contribution in [2.24, 2.45) is 0 Å². The minimum atomic E-state index is 0.385. The molecule has 0 saturated heterocycles. The maximum atomic E-state index is 5.89. The van der Waals surface area contributed by atoms with Gasteiger partial charge in [-0.2, -0.15) is 0 Å². The highest BCUT2D eigenvalue weighted by molar-refractivity contribution is 7.99. The van der Waals surface area contributed by atoms with E-state index in [0.717, 1.165) is 28.2 Å². The molecule has 0 unspecified atom stereocenters. The van der Waals surface area contributed by atoms with Crippen LogP contribution in [0.5, 0.6) is 5.75 Å². The summed E-state index contributed by atoms with van der Waals surface area (Å²) in [7, 11) is 0. The highest BCUT2D eigenvalue weighted by Gasteiger charge is 2.14. The number of aromatic nitrogens is 3. The highest BCUT2D eigenvalue weighted by atomic mass is 32.2. The molecule has 0 saturated carbocycles. The van der Waals surface area contributed by atoms with E-state index >= 15 is 0 Å². The van der Waals surface area contributed by atoms with Gasteiger partial charge in [0, 0.05) is 5.69 Å². The lowest BCUT2D eigenvalue weighted by Crippen LogP contribution is -2.06. The average Bonchev–Trinajstić information content (AvgIpc) is 2.97. The van der Waals surface area contributed by atoms with E-state index < -0.39 is 0 Å². The van der Waals surface area contributed by atoms with Crippen molar-refractivity contribution < 1.29 is 4.74 Å². The zero-order chi connectivity index (χ0) is 16.1. The summed E-state index contributed by atoms with van der Waals surface area (Å²) in [6.07, 6.45) is 0. The number of hydrogen-bond acceptors (Lipinski definition) is 4. The summed E-state index contributed by atoms with van der Waals surface area (Å²) in [5, 5.41) is 9.51. The zero-order valence-corrected chi connectivity index (χ0v) is 14.1. The van der Waals surface area contributed by atoms with Crippen LogP contribution in [0.25, 0.3) is 5.69 Å². The van der Waals surface area contributed by atoms with Gasteiger partial charge in [0.1, 0.15) is 12.4 Å². The van der Waals surface area contributed by atoms with Gasteiger partial charge in [0.2, 0.25) is 0 Å². The summed E-state index contributed by atoms with van der Waals surface area (Å²) in [6, 6.07) is 18.2. The Labute approximate surface area is 140 Å². The Morgan fingerprint density at radius 2 is 1.87 bits per heavy atom. The van der Waals surface area contributed by atoms with Crippen molar-refractivity contribution in [1.29, 1.82) is 0 Å². The molecule has 4 nitrogen and oxygen atoms in total. The second kappa shape index (κ2) is 7.33. The van der Waals surface area contributed by atoms with Crippen molar-refractivity contribution in [2.75, 3.05) is 5.75 Å². The largest absolute Gasteiger partial charge is 0.486 e. The quantitative estimate of drug-likeness (QED) is 0.635. The van der Waals surface area contributed by atoms with E-state index in [1.165, 1.54) is 5.56 Å². The molecular weight excluding hydrogens is 306 g/mol. The van der Waals surface area contributed by atoms with Crippen LogP contribution in [0.2, 0.25) is 0 Å². The fourth-order valence-corrected chi connectivity index (χ4v) is 3.00. The third kappa shape index (κ3) is 3.74. The van der Waals surface area contributed by atoms with Gasteiger partial charge >= 0.3 is 0 Å². The van der Waals surface area contributed by atoms with Gasteiger partial charge in [-0.1, -0.05) is 49.0 Å². The lowest BCUT2D eigenvalue weighted by molar-refractivity contribution is 0.292. The van der Waals surface area contributed by atoms with Gasteiger partial charge in [-0.05, 0) is 42.5 Å². The molecule has 0 fully saturated rings. The number of rotatable bonds is 6. The van der Waals surface area contributed by atoms with Crippen LogP contribution < -0.4 is 4.74 Å². The van der Waals surface area contributed by atoms with E-state index in [-0.39, 0.29) is 0 Å². The van der Waals surface area contributed by atoms with Gasteiger partial charge in [-0.15, -0.1) is 10.2 Å². The first-order valence-corrected chi connectivity index (χ1v) is 8.58. The van der Waals surface area contributed by atoms with E-state index in [2.05, 4.69) is 46.8 Å². The first-order valence-electron chi connectivity index (χ1n) is 7.60. The summed E-state index contributed by atoms with van der Waals surface area (Å²) < 4.78 is 7.95. The molecule has 0 bridgehead atoms.